The Hall–Kier alpha value is -1.61. The summed E-state index contributed by atoms with van der Waals surface area (Å²) >= 11 is 0. The Kier molecular flexibility index (Phi) is 4.61. The maximum Gasteiger partial charge on any atom is 0.338 e. The van der Waals surface area contributed by atoms with Gasteiger partial charge >= 0.3 is 5.97 Å². The molecular formula is C17H22O3. The van der Waals surface area contributed by atoms with E-state index in [1.165, 1.54) is 0 Å². The average Bonchev–Trinajstić information content (AvgIpc) is 2.45. The highest BCUT2D eigenvalue weighted by Gasteiger charge is 2.28. The fourth-order valence-corrected chi connectivity index (χ4v) is 2.48. The molecule has 0 amide bonds. The summed E-state index contributed by atoms with van der Waals surface area (Å²) in [4.78, 5) is 11.8. The second-order valence-electron chi connectivity index (χ2n) is 5.93. The van der Waals surface area contributed by atoms with Crippen molar-refractivity contribution in [3.8, 4) is 0 Å². The minimum absolute atomic E-state index is 0.281. The van der Waals surface area contributed by atoms with E-state index in [1.807, 2.05) is 32.0 Å². The zero-order valence-electron chi connectivity index (χ0n) is 12.1. The van der Waals surface area contributed by atoms with Crippen LogP contribution in [0.4, 0.5) is 0 Å². The van der Waals surface area contributed by atoms with Gasteiger partial charge in [-0.2, -0.15) is 0 Å². The first-order valence-corrected chi connectivity index (χ1v) is 7.09. The Morgan fingerprint density at radius 2 is 2.05 bits per heavy atom. The van der Waals surface area contributed by atoms with Crippen LogP contribution in [0.25, 0.3) is 0 Å². The fourth-order valence-electron chi connectivity index (χ4n) is 2.48. The number of rotatable bonds is 4. The molecule has 0 fully saturated rings. The summed E-state index contributed by atoms with van der Waals surface area (Å²) in [6.45, 7) is 4.06. The molecule has 1 aromatic rings. The van der Waals surface area contributed by atoms with Crippen LogP contribution in [0.2, 0.25) is 0 Å². The molecule has 0 unspecified atom stereocenters. The van der Waals surface area contributed by atoms with Gasteiger partial charge in [0.15, 0.2) is 0 Å². The number of allylic oxidation sites excluding steroid dienone is 1. The van der Waals surface area contributed by atoms with Gasteiger partial charge in [0, 0.05) is 0 Å². The molecular weight excluding hydrogens is 252 g/mol. The number of benzene rings is 1. The summed E-state index contributed by atoms with van der Waals surface area (Å²) in [6, 6.07) is 9.02. The highest BCUT2D eigenvalue weighted by Crippen LogP contribution is 2.31. The van der Waals surface area contributed by atoms with Crippen LogP contribution in [0, 0.1) is 5.92 Å². The number of hydrogen-bond donors (Lipinski definition) is 1. The number of esters is 1. The molecule has 1 aromatic carbocycles. The lowest BCUT2D eigenvalue weighted by Gasteiger charge is -2.31. The van der Waals surface area contributed by atoms with E-state index in [2.05, 4.69) is 6.08 Å². The maximum atomic E-state index is 11.8. The summed E-state index contributed by atoms with van der Waals surface area (Å²) in [6.07, 6.45) is 4.78. The molecule has 0 aliphatic heterocycles. The van der Waals surface area contributed by atoms with E-state index in [4.69, 9.17) is 4.74 Å². The summed E-state index contributed by atoms with van der Waals surface area (Å²) in [5, 5.41) is 9.98. The molecule has 0 radical (unpaired) electrons. The van der Waals surface area contributed by atoms with Gasteiger partial charge in [0.25, 0.3) is 0 Å². The summed E-state index contributed by atoms with van der Waals surface area (Å²) in [7, 11) is 0. The maximum absolute atomic E-state index is 11.8. The van der Waals surface area contributed by atoms with Crippen LogP contribution >= 0.6 is 0 Å². The Morgan fingerprint density at radius 1 is 1.35 bits per heavy atom. The molecule has 0 spiro atoms. The van der Waals surface area contributed by atoms with E-state index in [1.54, 1.807) is 12.1 Å². The van der Waals surface area contributed by atoms with Crippen molar-refractivity contribution in [1.82, 2.24) is 0 Å². The zero-order valence-corrected chi connectivity index (χ0v) is 12.1. The summed E-state index contributed by atoms with van der Waals surface area (Å²) in [5.74, 6) is 0.00665. The highest BCUT2D eigenvalue weighted by molar-refractivity contribution is 5.89. The summed E-state index contributed by atoms with van der Waals surface area (Å²) < 4.78 is 5.32. The number of ether oxygens (including phenoxy) is 1. The third kappa shape index (κ3) is 3.94. The molecule has 0 aromatic heterocycles. The molecule has 1 N–H and O–H groups in total. The SMILES string of the molecule is CC(C)(O)[C@@H]1CC=C(COC(=O)c2ccccc2)CC1. The first kappa shape index (κ1) is 14.8. The van der Waals surface area contributed by atoms with E-state index < -0.39 is 5.60 Å². The molecule has 1 aliphatic carbocycles. The van der Waals surface area contributed by atoms with Gasteiger partial charge in [0.2, 0.25) is 0 Å². The van der Waals surface area contributed by atoms with E-state index in [9.17, 15) is 9.90 Å². The van der Waals surface area contributed by atoms with Gasteiger partial charge in [-0.1, -0.05) is 24.3 Å². The number of hydrogen-bond acceptors (Lipinski definition) is 3. The molecule has 0 saturated heterocycles. The number of aliphatic hydroxyl groups is 1. The van der Waals surface area contributed by atoms with Crippen molar-refractivity contribution in [1.29, 1.82) is 0 Å². The molecule has 1 aliphatic rings. The smallest absolute Gasteiger partial charge is 0.338 e. The van der Waals surface area contributed by atoms with Crippen molar-refractivity contribution in [2.45, 2.75) is 38.7 Å². The van der Waals surface area contributed by atoms with Crippen molar-refractivity contribution in [2.75, 3.05) is 6.61 Å². The third-order valence-corrected chi connectivity index (χ3v) is 3.90. The van der Waals surface area contributed by atoms with Gasteiger partial charge < -0.3 is 9.84 Å². The quantitative estimate of drug-likeness (QED) is 0.676. The van der Waals surface area contributed by atoms with E-state index in [0.717, 1.165) is 24.8 Å². The molecule has 0 heterocycles. The molecule has 3 nitrogen and oxygen atoms in total. The highest BCUT2D eigenvalue weighted by atomic mass is 16.5. The molecule has 0 bridgehead atoms. The van der Waals surface area contributed by atoms with Crippen LogP contribution in [0.5, 0.6) is 0 Å². The monoisotopic (exact) mass is 274 g/mol. The number of carbonyl (C=O) groups excluding carboxylic acids is 1. The van der Waals surface area contributed by atoms with Crippen LogP contribution in [0.1, 0.15) is 43.5 Å². The topological polar surface area (TPSA) is 46.5 Å². The molecule has 108 valence electrons. The van der Waals surface area contributed by atoms with Crippen molar-refractivity contribution in [2.24, 2.45) is 5.92 Å². The van der Waals surface area contributed by atoms with E-state index in [-0.39, 0.29) is 11.9 Å². The Bertz CT molecular complexity index is 483. The van der Waals surface area contributed by atoms with Crippen molar-refractivity contribution >= 4 is 5.97 Å². The van der Waals surface area contributed by atoms with Gasteiger partial charge in [-0.05, 0) is 56.7 Å². The van der Waals surface area contributed by atoms with Crippen LogP contribution < -0.4 is 0 Å². The first-order valence-electron chi connectivity index (χ1n) is 7.09. The van der Waals surface area contributed by atoms with Gasteiger partial charge in [-0.15, -0.1) is 0 Å². The van der Waals surface area contributed by atoms with Crippen LogP contribution in [-0.2, 0) is 4.74 Å². The van der Waals surface area contributed by atoms with Gasteiger partial charge in [0.1, 0.15) is 6.61 Å². The second kappa shape index (κ2) is 6.23. The lowest BCUT2D eigenvalue weighted by molar-refractivity contribution is 0.0115. The van der Waals surface area contributed by atoms with E-state index >= 15 is 0 Å². The molecule has 2 rings (SSSR count). The Balaban J connectivity index is 1.84. The van der Waals surface area contributed by atoms with Crippen LogP contribution in [0.3, 0.4) is 0 Å². The lowest BCUT2D eigenvalue weighted by Crippen LogP contribution is -2.32. The molecule has 3 heteroatoms. The molecule has 1 atom stereocenters. The summed E-state index contributed by atoms with van der Waals surface area (Å²) in [5.41, 5.74) is 1.09. The zero-order chi connectivity index (χ0) is 14.6. The van der Waals surface area contributed by atoms with Crippen molar-refractivity contribution in [3.63, 3.8) is 0 Å². The van der Waals surface area contributed by atoms with Crippen LogP contribution in [-0.4, -0.2) is 23.3 Å². The molecule has 0 saturated carbocycles. The third-order valence-electron chi connectivity index (χ3n) is 3.90. The average molecular weight is 274 g/mol. The van der Waals surface area contributed by atoms with Crippen molar-refractivity contribution in [3.05, 3.63) is 47.5 Å². The van der Waals surface area contributed by atoms with Gasteiger partial charge in [-0.25, -0.2) is 4.79 Å². The minimum atomic E-state index is -0.636. The largest absolute Gasteiger partial charge is 0.458 e. The minimum Gasteiger partial charge on any atom is -0.458 e. The lowest BCUT2D eigenvalue weighted by atomic mass is 9.80. The Morgan fingerprint density at radius 3 is 2.60 bits per heavy atom. The number of carbonyl (C=O) groups is 1. The predicted octanol–water partition coefficient (Wildman–Crippen LogP) is 3.34. The normalized spacial score (nSPS) is 19.4. The van der Waals surface area contributed by atoms with Gasteiger partial charge in [0.05, 0.1) is 11.2 Å². The van der Waals surface area contributed by atoms with Crippen LogP contribution in [0.15, 0.2) is 42.0 Å². The Labute approximate surface area is 120 Å². The first-order chi connectivity index (χ1) is 9.47. The van der Waals surface area contributed by atoms with Crippen molar-refractivity contribution < 1.29 is 14.6 Å². The second-order valence-corrected chi connectivity index (χ2v) is 5.93. The fraction of sp³-hybridized carbons (Fsp3) is 0.471. The standard InChI is InChI=1S/C17H22O3/c1-17(2,19)15-10-8-13(9-11-15)12-20-16(18)14-6-4-3-5-7-14/h3-8,15,19H,9-12H2,1-2H3/t15-/m1/s1. The molecule has 20 heavy (non-hydrogen) atoms. The predicted molar refractivity (Wildman–Crippen MR) is 78.4 cm³/mol. The van der Waals surface area contributed by atoms with Gasteiger partial charge in [-0.3, -0.25) is 0 Å². The van der Waals surface area contributed by atoms with E-state index in [0.29, 0.717) is 12.2 Å².